The SMILES string of the molecule is CC(C)C(CNc1nc2ccccc2o1)C(=O)O. The van der Waals surface area contributed by atoms with Gasteiger partial charge in [0, 0.05) is 6.54 Å². The van der Waals surface area contributed by atoms with Crippen molar-refractivity contribution in [1.29, 1.82) is 0 Å². The highest BCUT2D eigenvalue weighted by atomic mass is 16.4. The summed E-state index contributed by atoms with van der Waals surface area (Å²) in [4.78, 5) is 15.3. The second-order valence-corrected chi connectivity index (χ2v) is 4.56. The van der Waals surface area contributed by atoms with Crippen molar-refractivity contribution in [3.8, 4) is 0 Å². The number of benzene rings is 1. The van der Waals surface area contributed by atoms with Crippen molar-refractivity contribution in [2.24, 2.45) is 11.8 Å². The zero-order valence-corrected chi connectivity index (χ0v) is 10.4. The maximum atomic E-state index is 11.0. The summed E-state index contributed by atoms with van der Waals surface area (Å²) in [7, 11) is 0. The molecule has 1 atom stereocenters. The fourth-order valence-corrected chi connectivity index (χ4v) is 1.75. The molecule has 1 aromatic heterocycles. The Labute approximate surface area is 105 Å². The average molecular weight is 248 g/mol. The third-order valence-corrected chi connectivity index (χ3v) is 2.89. The Morgan fingerprint density at radius 3 is 2.78 bits per heavy atom. The molecular weight excluding hydrogens is 232 g/mol. The van der Waals surface area contributed by atoms with Crippen LogP contribution >= 0.6 is 0 Å². The van der Waals surface area contributed by atoms with Crippen LogP contribution in [0.5, 0.6) is 0 Å². The normalized spacial score (nSPS) is 12.8. The summed E-state index contributed by atoms with van der Waals surface area (Å²) in [6.45, 7) is 4.07. The molecule has 5 nitrogen and oxygen atoms in total. The van der Waals surface area contributed by atoms with Crippen LogP contribution in [0.2, 0.25) is 0 Å². The van der Waals surface area contributed by atoms with Gasteiger partial charge in [0.05, 0.1) is 5.92 Å². The predicted octanol–water partition coefficient (Wildman–Crippen LogP) is 2.60. The maximum Gasteiger partial charge on any atom is 0.308 e. The smallest absolute Gasteiger partial charge is 0.308 e. The monoisotopic (exact) mass is 248 g/mol. The first-order valence-corrected chi connectivity index (χ1v) is 5.90. The van der Waals surface area contributed by atoms with Crippen LogP contribution in [-0.2, 0) is 4.79 Å². The Morgan fingerprint density at radius 2 is 2.17 bits per heavy atom. The molecule has 2 rings (SSSR count). The standard InChI is InChI=1S/C13H16N2O3/c1-8(2)9(12(16)17)7-14-13-15-10-5-3-4-6-11(10)18-13/h3-6,8-9H,7H2,1-2H3,(H,14,15)(H,16,17). The average Bonchev–Trinajstić information content (AvgIpc) is 2.70. The number of aromatic nitrogens is 1. The number of nitrogens with zero attached hydrogens (tertiary/aromatic N) is 1. The Balaban J connectivity index is 2.07. The maximum absolute atomic E-state index is 11.0. The number of nitrogens with one attached hydrogen (secondary N) is 1. The van der Waals surface area contributed by atoms with E-state index < -0.39 is 11.9 Å². The number of hydrogen-bond donors (Lipinski definition) is 2. The first kappa shape index (κ1) is 12.4. The van der Waals surface area contributed by atoms with Gasteiger partial charge in [-0.25, -0.2) is 0 Å². The third-order valence-electron chi connectivity index (χ3n) is 2.89. The number of hydrogen-bond acceptors (Lipinski definition) is 4. The molecule has 0 fully saturated rings. The largest absolute Gasteiger partial charge is 0.481 e. The van der Waals surface area contributed by atoms with E-state index in [1.165, 1.54) is 0 Å². The summed E-state index contributed by atoms with van der Waals surface area (Å²) in [5, 5.41) is 12.0. The van der Waals surface area contributed by atoms with Gasteiger partial charge in [-0.15, -0.1) is 0 Å². The van der Waals surface area contributed by atoms with E-state index in [-0.39, 0.29) is 5.92 Å². The lowest BCUT2D eigenvalue weighted by Crippen LogP contribution is -2.27. The molecule has 1 heterocycles. The van der Waals surface area contributed by atoms with Crippen LogP contribution < -0.4 is 5.32 Å². The van der Waals surface area contributed by atoms with E-state index >= 15 is 0 Å². The molecule has 0 spiro atoms. The summed E-state index contributed by atoms with van der Waals surface area (Å²) in [6, 6.07) is 7.78. The van der Waals surface area contributed by atoms with Gasteiger partial charge in [0.1, 0.15) is 5.52 Å². The second-order valence-electron chi connectivity index (χ2n) is 4.56. The van der Waals surface area contributed by atoms with Gasteiger partial charge in [-0.05, 0) is 18.1 Å². The van der Waals surface area contributed by atoms with Gasteiger partial charge < -0.3 is 14.8 Å². The lowest BCUT2D eigenvalue weighted by Gasteiger charge is -2.15. The molecule has 0 saturated heterocycles. The van der Waals surface area contributed by atoms with Gasteiger partial charge in [0.2, 0.25) is 0 Å². The van der Waals surface area contributed by atoms with Crippen LogP contribution in [-0.4, -0.2) is 22.6 Å². The fraction of sp³-hybridized carbons (Fsp3) is 0.385. The highest BCUT2D eigenvalue weighted by Crippen LogP contribution is 2.19. The number of carbonyl (C=O) groups is 1. The Kier molecular flexibility index (Phi) is 3.50. The van der Waals surface area contributed by atoms with Gasteiger partial charge in [0.15, 0.2) is 5.58 Å². The number of oxazole rings is 1. The first-order valence-electron chi connectivity index (χ1n) is 5.90. The van der Waals surface area contributed by atoms with Crippen molar-refractivity contribution in [2.75, 3.05) is 11.9 Å². The molecule has 2 aromatic rings. The van der Waals surface area contributed by atoms with E-state index in [9.17, 15) is 4.79 Å². The predicted molar refractivity (Wildman–Crippen MR) is 68.5 cm³/mol. The lowest BCUT2D eigenvalue weighted by atomic mass is 9.96. The van der Waals surface area contributed by atoms with Crippen LogP contribution in [0.4, 0.5) is 6.01 Å². The number of carboxylic acid groups (broad SMARTS) is 1. The third kappa shape index (κ3) is 2.61. The Morgan fingerprint density at radius 1 is 1.44 bits per heavy atom. The molecule has 5 heteroatoms. The van der Waals surface area contributed by atoms with E-state index in [0.29, 0.717) is 18.1 Å². The zero-order chi connectivity index (χ0) is 13.1. The minimum atomic E-state index is -0.811. The van der Waals surface area contributed by atoms with Gasteiger partial charge in [0.25, 0.3) is 6.01 Å². The Bertz CT molecular complexity index is 515. The highest BCUT2D eigenvalue weighted by molar-refractivity contribution is 5.74. The minimum Gasteiger partial charge on any atom is -0.481 e. The summed E-state index contributed by atoms with van der Waals surface area (Å²) in [5.41, 5.74) is 1.45. The number of carboxylic acids is 1. The van der Waals surface area contributed by atoms with E-state index in [0.717, 1.165) is 5.52 Å². The van der Waals surface area contributed by atoms with Crippen LogP contribution in [0.3, 0.4) is 0 Å². The number of para-hydroxylation sites is 2. The molecule has 0 aliphatic heterocycles. The summed E-state index contributed by atoms with van der Waals surface area (Å²) in [6.07, 6.45) is 0. The second kappa shape index (κ2) is 5.08. The first-order chi connectivity index (χ1) is 8.58. The molecule has 2 N–H and O–H groups in total. The molecule has 1 unspecified atom stereocenters. The topological polar surface area (TPSA) is 75.4 Å². The van der Waals surface area contributed by atoms with E-state index in [1.807, 2.05) is 38.1 Å². The van der Waals surface area contributed by atoms with Crippen molar-refractivity contribution < 1.29 is 14.3 Å². The molecule has 1 aromatic carbocycles. The minimum absolute atomic E-state index is 0.0550. The van der Waals surface area contributed by atoms with Crippen LogP contribution in [0.25, 0.3) is 11.1 Å². The molecule has 0 amide bonds. The molecule has 0 bridgehead atoms. The molecule has 0 aliphatic rings. The van der Waals surface area contributed by atoms with Crippen molar-refractivity contribution in [3.63, 3.8) is 0 Å². The van der Waals surface area contributed by atoms with Crippen molar-refractivity contribution >= 4 is 23.1 Å². The van der Waals surface area contributed by atoms with E-state index in [2.05, 4.69) is 10.3 Å². The lowest BCUT2D eigenvalue weighted by molar-refractivity contribution is -0.142. The van der Waals surface area contributed by atoms with E-state index in [4.69, 9.17) is 9.52 Å². The van der Waals surface area contributed by atoms with Crippen LogP contribution in [0.1, 0.15) is 13.8 Å². The molecule has 0 aliphatic carbocycles. The van der Waals surface area contributed by atoms with Crippen molar-refractivity contribution in [1.82, 2.24) is 4.98 Å². The van der Waals surface area contributed by atoms with Crippen molar-refractivity contribution in [2.45, 2.75) is 13.8 Å². The molecular formula is C13H16N2O3. The summed E-state index contributed by atoms with van der Waals surface area (Å²) >= 11 is 0. The number of rotatable bonds is 5. The van der Waals surface area contributed by atoms with Gasteiger partial charge in [-0.2, -0.15) is 4.98 Å². The molecule has 96 valence electrons. The number of fused-ring (bicyclic) bond motifs is 1. The zero-order valence-electron chi connectivity index (χ0n) is 10.4. The van der Waals surface area contributed by atoms with Gasteiger partial charge in [-0.3, -0.25) is 4.79 Å². The van der Waals surface area contributed by atoms with Crippen LogP contribution in [0, 0.1) is 11.8 Å². The van der Waals surface area contributed by atoms with Crippen LogP contribution in [0.15, 0.2) is 28.7 Å². The quantitative estimate of drug-likeness (QED) is 0.850. The number of aliphatic carboxylic acids is 1. The van der Waals surface area contributed by atoms with Gasteiger partial charge >= 0.3 is 5.97 Å². The molecule has 0 radical (unpaired) electrons. The fourth-order valence-electron chi connectivity index (χ4n) is 1.75. The molecule has 18 heavy (non-hydrogen) atoms. The highest BCUT2D eigenvalue weighted by Gasteiger charge is 2.21. The van der Waals surface area contributed by atoms with Gasteiger partial charge in [-0.1, -0.05) is 26.0 Å². The number of anilines is 1. The van der Waals surface area contributed by atoms with Crippen molar-refractivity contribution in [3.05, 3.63) is 24.3 Å². The summed E-state index contributed by atoms with van der Waals surface area (Å²) < 4.78 is 5.46. The van der Waals surface area contributed by atoms with E-state index in [1.54, 1.807) is 0 Å². The molecule has 0 saturated carbocycles. The summed E-state index contributed by atoms with van der Waals surface area (Å²) in [5.74, 6) is -1.21. The Hall–Kier alpha value is -2.04.